The van der Waals surface area contributed by atoms with Crippen LogP contribution in [0.5, 0.6) is 0 Å². The van der Waals surface area contributed by atoms with Gasteiger partial charge in [0.2, 0.25) is 7.37 Å². The van der Waals surface area contributed by atoms with Crippen molar-refractivity contribution >= 4 is 7.37 Å². The number of ether oxygens (including phenoxy) is 2. The summed E-state index contributed by atoms with van der Waals surface area (Å²) >= 11 is 0. The number of hydrogen-bond acceptors (Lipinski definition) is 16. The van der Waals surface area contributed by atoms with E-state index in [2.05, 4.69) is 0 Å². The van der Waals surface area contributed by atoms with Gasteiger partial charge in [0, 0.05) is 0 Å². The van der Waals surface area contributed by atoms with Gasteiger partial charge in [-0.2, -0.15) is 0 Å². The first-order valence-corrected chi connectivity index (χ1v) is 12.7. The van der Waals surface area contributed by atoms with Crippen LogP contribution < -0.4 is 0 Å². The smallest absolute Gasteiger partial charge is 0.236 e. The molecule has 2 aliphatic rings. The zero-order chi connectivity index (χ0) is 26.7. The van der Waals surface area contributed by atoms with E-state index in [4.69, 9.17) is 14.0 Å². The first-order chi connectivity index (χ1) is 16.4. The van der Waals surface area contributed by atoms with Crippen LogP contribution in [0.1, 0.15) is 0 Å². The van der Waals surface area contributed by atoms with Crippen molar-refractivity contribution in [2.24, 2.45) is 0 Å². The molecule has 0 aliphatic carbocycles. The lowest BCUT2D eigenvalue weighted by Crippen LogP contribution is -2.64. The first kappa shape index (κ1) is 30.9. The molecule has 6 unspecified atom stereocenters. The van der Waals surface area contributed by atoms with E-state index in [0.717, 1.165) is 0 Å². The molecular weight excluding hydrogens is 503 g/mol. The van der Waals surface area contributed by atoms with Crippen molar-refractivity contribution in [3.63, 3.8) is 0 Å². The summed E-state index contributed by atoms with van der Waals surface area (Å²) in [5, 5.41) is 119. The van der Waals surface area contributed by atoms with E-state index in [-0.39, 0.29) is 0 Å². The first-order valence-electron chi connectivity index (χ1n) is 10.8. The summed E-state index contributed by atoms with van der Waals surface area (Å²) in [6, 6.07) is 0. The molecule has 0 aromatic heterocycles. The van der Waals surface area contributed by atoms with Crippen LogP contribution >= 0.6 is 7.37 Å². The van der Waals surface area contributed by atoms with Crippen LogP contribution in [-0.2, 0) is 18.6 Å². The Morgan fingerprint density at radius 2 is 1.23 bits per heavy atom. The Bertz CT molecular complexity index is 695. The molecule has 0 spiro atoms. The SMILES string of the molecule is O=P(CC(O)CO)(OC(C(O)CO)C1O[C@H](CO)[C@@H](O)[C@H](O)[C@H]1O)C1O[C@H](CO)[C@@H](O)[C@H](O)[C@H]1O. The molecule has 208 valence electrons. The second-order valence-electron chi connectivity index (χ2n) is 8.58. The normalized spacial score (nSPS) is 42.7. The minimum Gasteiger partial charge on any atom is -0.394 e. The van der Waals surface area contributed by atoms with Crippen molar-refractivity contribution in [3.8, 4) is 0 Å². The molecule has 2 rings (SSSR count). The summed E-state index contributed by atoms with van der Waals surface area (Å²) in [6.07, 6.45) is -23.4. The highest BCUT2D eigenvalue weighted by Gasteiger charge is 2.56. The van der Waals surface area contributed by atoms with Gasteiger partial charge in [0.15, 0.2) is 5.85 Å². The minimum absolute atomic E-state index is 0.864. The van der Waals surface area contributed by atoms with Crippen LogP contribution in [0.4, 0.5) is 0 Å². The zero-order valence-corrected chi connectivity index (χ0v) is 19.4. The van der Waals surface area contributed by atoms with Gasteiger partial charge in [-0.3, -0.25) is 4.57 Å². The maximum Gasteiger partial charge on any atom is 0.236 e. The molecule has 35 heavy (non-hydrogen) atoms. The predicted octanol–water partition coefficient (Wildman–Crippen LogP) is -7.00. The largest absolute Gasteiger partial charge is 0.394 e. The van der Waals surface area contributed by atoms with Crippen LogP contribution in [-0.4, -0.2) is 173 Å². The summed E-state index contributed by atoms with van der Waals surface area (Å²) in [5.41, 5.74) is 0. The number of rotatable bonds is 11. The minimum atomic E-state index is -4.75. The lowest BCUT2D eigenvalue weighted by atomic mass is 9.91. The van der Waals surface area contributed by atoms with E-state index in [1.807, 2.05) is 0 Å². The molecule has 2 saturated heterocycles. The van der Waals surface area contributed by atoms with E-state index in [1.165, 1.54) is 0 Å². The third kappa shape index (κ3) is 6.56. The lowest BCUT2D eigenvalue weighted by Gasteiger charge is -2.47. The molecule has 0 aromatic carbocycles. The molecule has 2 heterocycles. The fraction of sp³-hybridized carbons (Fsp3) is 1.00. The Labute approximate surface area is 199 Å². The average molecular weight is 538 g/mol. The van der Waals surface area contributed by atoms with Crippen molar-refractivity contribution < 1.29 is 79.8 Å². The predicted molar refractivity (Wildman–Crippen MR) is 111 cm³/mol. The van der Waals surface area contributed by atoms with Gasteiger partial charge in [-0.25, -0.2) is 0 Å². The Morgan fingerprint density at radius 3 is 1.71 bits per heavy atom. The molecule has 0 radical (unpaired) electrons. The Morgan fingerprint density at radius 1 is 0.714 bits per heavy atom. The van der Waals surface area contributed by atoms with E-state index >= 15 is 0 Å². The molecular formula is C18H35O16P. The van der Waals surface area contributed by atoms with Gasteiger partial charge in [0.25, 0.3) is 0 Å². The topological polar surface area (TPSA) is 288 Å². The molecule has 0 saturated carbocycles. The maximum absolute atomic E-state index is 14.0. The summed E-state index contributed by atoms with van der Waals surface area (Å²) in [7, 11) is -4.75. The standard InChI is InChI=1S/C18H35O16P/c19-1-6(23)5-35(31,18-15(30)13(28)11(26)9(4-22)33-18)34-16(7(24)2-20)17-14(29)12(27)10(25)8(3-21)32-17/h6-30H,1-5H2/t6?,7?,8-,9-,10-,11-,12+,13+,14-,15-,16?,17?,18?,35?/m1/s1. The fourth-order valence-corrected chi connectivity index (χ4v) is 6.80. The summed E-state index contributed by atoms with van der Waals surface area (Å²) < 4.78 is 30.1. The Kier molecular flexibility index (Phi) is 11.4. The number of aliphatic hydroxyl groups excluding tert-OH is 12. The molecule has 0 aromatic rings. The van der Waals surface area contributed by atoms with Crippen molar-refractivity contribution in [1.82, 2.24) is 0 Å². The molecule has 16 nitrogen and oxygen atoms in total. The van der Waals surface area contributed by atoms with Gasteiger partial charge in [-0.05, 0) is 0 Å². The van der Waals surface area contributed by atoms with Crippen molar-refractivity contribution in [1.29, 1.82) is 0 Å². The number of hydrogen-bond donors (Lipinski definition) is 12. The molecule has 2 fully saturated rings. The lowest BCUT2D eigenvalue weighted by molar-refractivity contribution is -0.256. The Balaban J connectivity index is 2.49. The van der Waals surface area contributed by atoms with Gasteiger partial charge < -0.3 is 75.3 Å². The second kappa shape index (κ2) is 12.9. The zero-order valence-electron chi connectivity index (χ0n) is 18.5. The molecule has 2 aliphatic heterocycles. The van der Waals surface area contributed by atoms with Crippen molar-refractivity contribution in [2.75, 3.05) is 32.6 Å². The highest BCUT2D eigenvalue weighted by atomic mass is 31.2. The molecule has 0 bridgehead atoms. The van der Waals surface area contributed by atoms with Crippen LogP contribution in [0.3, 0.4) is 0 Å². The van der Waals surface area contributed by atoms with Gasteiger partial charge in [0.1, 0.15) is 67.1 Å². The van der Waals surface area contributed by atoms with Crippen molar-refractivity contribution in [2.45, 2.75) is 79.1 Å². The van der Waals surface area contributed by atoms with Gasteiger partial charge in [0.05, 0.1) is 38.7 Å². The average Bonchev–Trinajstić information content (AvgIpc) is 2.84. The van der Waals surface area contributed by atoms with Gasteiger partial charge in [-0.1, -0.05) is 0 Å². The highest BCUT2D eigenvalue weighted by molar-refractivity contribution is 7.59. The highest BCUT2D eigenvalue weighted by Crippen LogP contribution is 2.58. The summed E-state index contributed by atoms with van der Waals surface area (Å²) in [6.45, 7) is -3.81. The van der Waals surface area contributed by atoms with Crippen LogP contribution in [0, 0.1) is 0 Å². The van der Waals surface area contributed by atoms with E-state index in [1.54, 1.807) is 0 Å². The summed E-state index contributed by atoms with van der Waals surface area (Å²) in [4.78, 5) is 0. The van der Waals surface area contributed by atoms with Crippen LogP contribution in [0.2, 0.25) is 0 Å². The monoisotopic (exact) mass is 538 g/mol. The summed E-state index contributed by atoms with van der Waals surface area (Å²) in [5.74, 6) is -2.06. The molecule has 17 heteroatoms. The quantitative estimate of drug-likeness (QED) is 0.109. The van der Waals surface area contributed by atoms with E-state index in [0.29, 0.717) is 0 Å². The Hall–Kier alpha value is -0.370. The number of aliphatic hydroxyl groups is 12. The second-order valence-corrected chi connectivity index (χ2v) is 11.1. The van der Waals surface area contributed by atoms with Crippen molar-refractivity contribution in [3.05, 3.63) is 0 Å². The molecule has 0 amide bonds. The fourth-order valence-electron chi connectivity index (χ4n) is 4.03. The van der Waals surface area contributed by atoms with Crippen LogP contribution in [0.15, 0.2) is 0 Å². The van der Waals surface area contributed by atoms with Gasteiger partial charge >= 0.3 is 0 Å². The van der Waals surface area contributed by atoms with Gasteiger partial charge in [-0.15, -0.1) is 0 Å². The van der Waals surface area contributed by atoms with E-state index < -0.39 is 119 Å². The third-order valence-corrected chi connectivity index (χ3v) is 8.78. The maximum atomic E-state index is 14.0. The molecule has 12 N–H and O–H groups in total. The van der Waals surface area contributed by atoms with Crippen LogP contribution in [0.25, 0.3) is 0 Å². The van der Waals surface area contributed by atoms with E-state index in [9.17, 15) is 65.8 Å². The third-order valence-electron chi connectivity index (χ3n) is 6.05. The molecule has 14 atom stereocenters.